The van der Waals surface area contributed by atoms with Gasteiger partial charge in [0, 0.05) is 6.42 Å². The van der Waals surface area contributed by atoms with Crippen LogP contribution < -0.4 is 5.32 Å². The monoisotopic (exact) mass is 287 g/mol. The van der Waals surface area contributed by atoms with E-state index in [0.717, 1.165) is 25.0 Å². The van der Waals surface area contributed by atoms with Gasteiger partial charge in [0.15, 0.2) is 0 Å². The van der Waals surface area contributed by atoms with Gasteiger partial charge in [0.2, 0.25) is 5.91 Å². The normalized spacial score (nSPS) is 17.3. The highest BCUT2D eigenvalue weighted by Crippen LogP contribution is 2.27. The SMILES string of the molecule is O=C(CCc1ccccc1F)N[C@@H]1CCCc2cn[nH]c21. The van der Waals surface area contributed by atoms with E-state index in [0.29, 0.717) is 18.4 Å². The number of amides is 1. The van der Waals surface area contributed by atoms with Crippen molar-refractivity contribution in [2.45, 2.75) is 38.1 Å². The molecule has 0 radical (unpaired) electrons. The van der Waals surface area contributed by atoms with Crippen LogP contribution in [0.5, 0.6) is 0 Å². The zero-order chi connectivity index (χ0) is 14.7. The van der Waals surface area contributed by atoms with Gasteiger partial charge < -0.3 is 5.32 Å². The highest BCUT2D eigenvalue weighted by molar-refractivity contribution is 5.76. The summed E-state index contributed by atoms with van der Waals surface area (Å²) in [5.74, 6) is -0.301. The number of aryl methyl sites for hydroxylation is 2. The van der Waals surface area contributed by atoms with Gasteiger partial charge in [0.05, 0.1) is 17.9 Å². The van der Waals surface area contributed by atoms with Gasteiger partial charge in [0.25, 0.3) is 0 Å². The molecule has 0 bridgehead atoms. The number of aromatic nitrogens is 2. The zero-order valence-electron chi connectivity index (χ0n) is 11.7. The second-order valence-electron chi connectivity index (χ2n) is 5.41. The molecule has 21 heavy (non-hydrogen) atoms. The van der Waals surface area contributed by atoms with Crippen molar-refractivity contribution in [3.05, 3.63) is 53.1 Å². The van der Waals surface area contributed by atoms with E-state index in [2.05, 4.69) is 15.5 Å². The van der Waals surface area contributed by atoms with E-state index in [1.165, 1.54) is 11.6 Å². The number of hydrogen-bond acceptors (Lipinski definition) is 2. The van der Waals surface area contributed by atoms with Crippen LogP contribution >= 0.6 is 0 Å². The van der Waals surface area contributed by atoms with Crippen molar-refractivity contribution in [1.82, 2.24) is 15.5 Å². The molecule has 2 N–H and O–H groups in total. The number of aromatic amines is 1. The maximum Gasteiger partial charge on any atom is 0.220 e. The lowest BCUT2D eigenvalue weighted by molar-refractivity contribution is -0.121. The predicted molar refractivity (Wildman–Crippen MR) is 77.1 cm³/mol. The van der Waals surface area contributed by atoms with E-state index in [1.807, 2.05) is 6.20 Å². The highest BCUT2D eigenvalue weighted by atomic mass is 19.1. The molecule has 0 aliphatic heterocycles. The molecule has 5 heteroatoms. The molecule has 1 amide bonds. The van der Waals surface area contributed by atoms with Crippen LogP contribution in [0.15, 0.2) is 30.5 Å². The summed E-state index contributed by atoms with van der Waals surface area (Å²) in [6.07, 6.45) is 5.51. The molecule has 4 nitrogen and oxygen atoms in total. The second-order valence-corrected chi connectivity index (χ2v) is 5.41. The lowest BCUT2D eigenvalue weighted by Gasteiger charge is -2.22. The molecule has 1 aromatic carbocycles. The summed E-state index contributed by atoms with van der Waals surface area (Å²) in [6.45, 7) is 0. The number of carbonyl (C=O) groups is 1. The molecule has 3 rings (SSSR count). The number of nitrogens with zero attached hydrogens (tertiary/aromatic N) is 1. The van der Waals surface area contributed by atoms with E-state index in [1.54, 1.807) is 18.2 Å². The summed E-state index contributed by atoms with van der Waals surface area (Å²) in [6, 6.07) is 6.58. The van der Waals surface area contributed by atoms with E-state index in [9.17, 15) is 9.18 Å². The molecule has 1 aliphatic carbocycles. The number of rotatable bonds is 4. The molecule has 0 fully saturated rings. The minimum atomic E-state index is -0.251. The molecular weight excluding hydrogens is 269 g/mol. The fourth-order valence-electron chi connectivity index (χ4n) is 2.82. The maximum atomic E-state index is 13.5. The van der Waals surface area contributed by atoms with Crippen LogP contribution in [0.1, 0.15) is 42.1 Å². The predicted octanol–water partition coefficient (Wildman–Crippen LogP) is 2.68. The summed E-state index contributed by atoms with van der Waals surface area (Å²) in [5, 5.41) is 10.0. The first-order valence-corrected chi connectivity index (χ1v) is 7.29. The van der Waals surface area contributed by atoms with E-state index in [4.69, 9.17) is 0 Å². The van der Waals surface area contributed by atoms with Gasteiger partial charge >= 0.3 is 0 Å². The number of H-pyrrole nitrogens is 1. The summed E-state index contributed by atoms with van der Waals surface area (Å²) < 4.78 is 13.5. The van der Waals surface area contributed by atoms with E-state index < -0.39 is 0 Å². The summed E-state index contributed by atoms with van der Waals surface area (Å²) in [7, 11) is 0. The molecular formula is C16H18FN3O. The summed E-state index contributed by atoms with van der Waals surface area (Å²) in [4.78, 5) is 12.1. The average molecular weight is 287 g/mol. The second kappa shape index (κ2) is 6.08. The van der Waals surface area contributed by atoms with Gasteiger partial charge in [-0.2, -0.15) is 5.10 Å². The molecule has 0 saturated carbocycles. The Labute approximate surface area is 122 Å². The Morgan fingerprint density at radius 2 is 2.29 bits per heavy atom. The minimum Gasteiger partial charge on any atom is -0.348 e. The van der Waals surface area contributed by atoms with Crippen LogP contribution in [-0.2, 0) is 17.6 Å². The van der Waals surface area contributed by atoms with Gasteiger partial charge in [-0.05, 0) is 42.9 Å². The smallest absolute Gasteiger partial charge is 0.220 e. The average Bonchev–Trinajstić information content (AvgIpc) is 2.96. The fraction of sp³-hybridized carbons (Fsp3) is 0.375. The van der Waals surface area contributed by atoms with Crippen molar-refractivity contribution < 1.29 is 9.18 Å². The molecule has 1 atom stereocenters. The van der Waals surface area contributed by atoms with Crippen LogP contribution in [-0.4, -0.2) is 16.1 Å². The molecule has 1 aliphatic rings. The van der Waals surface area contributed by atoms with Crippen LogP contribution in [0.25, 0.3) is 0 Å². The first kappa shape index (κ1) is 13.8. The number of carbonyl (C=O) groups excluding carboxylic acids is 1. The van der Waals surface area contributed by atoms with E-state index >= 15 is 0 Å². The number of hydrogen-bond donors (Lipinski definition) is 2. The Kier molecular flexibility index (Phi) is 3.99. The molecule has 0 spiro atoms. The van der Waals surface area contributed by atoms with Gasteiger partial charge in [-0.15, -0.1) is 0 Å². The maximum absolute atomic E-state index is 13.5. The van der Waals surface area contributed by atoms with Crippen molar-refractivity contribution >= 4 is 5.91 Å². The molecule has 0 saturated heterocycles. The minimum absolute atomic E-state index is 0.00405. The Morgan fingerprint density at radius 1 is 1.43 bits per heavy atom. The van der Waals surface area contributed by atoms with Crippen molar-refractivity contribution in [1.29, 1.82) is 0 Å². The lowest BCUT2D eigenvalue weighted by atomic mass is 9.93. The number of benzene rings is 1. The van der Waals surface area contributed by atoms with Crippen LogP contribution in [0, 0.1) is 5.82 Å². The highest BCUT2D eigenvalue weighted by Gasteiger charge is 2.23. The van der Waals surface area contributed by atoms with Gasteiger partial charge in [-0.25, -0.2) is 4.39 Å². The first-order chi connectivity index (χ1) is 10.2. The number of halogens is 1. The van der Waals surface area contributed by atoms with Crippen molar-refractivity contribution in [2.75, 3.05) is 0 Å². The molecule has 110 valence electrons. The first-order valence-electron chi connectivity index (χ1n) is 7.29. The van der Waals surface area contributed by atoms with E-state index in [-0.39, 0.29) is 17.8 Å². The third-order valence-electron chi connectivity index (χ3n) is 3.95. The topological polar surface area (TPSA) is 57.8 Å². The van der Waals surface area contributed by atoms with Gasteiger partial charge in [-0.3, -0.25) is 9.89 Å². The lowest BCUT2D eigenvalue weighted by Crippen LogP contribution is -2.31. The van der Waals surface area contributed by atoms with Gasteiger partial charge in [-0.1, -0.05) is 18.2 Å². The summed E-state index contributed by atoms with van der Waals surface area (Å²) >= 11 is 0. The fourth-order valence-corrected chi connectivity index (χ4v) is 2.82. The standard InChI is InChI=1S/C16H18FN3O/c17-13-6-2-1-4-11(13)8-9-15(21)19-14-7-3-5-12-10-18-20-16(12)14/h1-2,4,6,10,14H,3,5,7-9H2,(H,18,20)(H,19,21)/t14-/m1/s1. The Hall–Kier alpha value is -2.17. The van der Waals surface area contributed by atoms with Crippen molar-refractivity contribution in [3.63, 3.8) is 0 Å². The van der Waals surface area contributed by atoms with Gasteiger partial charge in [0.1, 0.15) is 5.82 Å². The zero-order valence-corrected chi connectivity index (χ0v) is 11.7. The van der Waals surface area contributed by atoms with Crippen LogP contribution in [0.2, 0.25) is 0 Å². The third-order valence-corrected chi connectivity index (χ3v) is 3.95. The largest absolute Gasteiger partial charge is 0.348 e. The Balaban J connectivity index is 1.57. The third kappa shape index (κ3) is 3.12. The molecule has 0 unspecified atom stereocenters. The molecule has 1 heterocycles. The van der Waals surface area contributed by atoms with Crippen molar-refractivity contribution in [3.8, 4) is 0 Å². The van der Waals surface area contributed by atoms with Crippen molar-refractivity contribution in [2.24, 2.45) is 0 Å². The summed E-state index contributed by atoms with van der Waals surface area (Å²) in [5.41, 5.74) is 2.78. The number of nitrogens with one attached hydrogen (secondary N) is 2. The van der Waals surface area contributed by atoms with Crippen LogP contribution in [0.4, 0.5) is 4.39 Å². The van der Waals surface area contributed by atoms with Crippen LogP contribution in [0.3, 0.4) is 0 Å². The molecule has 2 aromatic rings. The Bertz CT molecular complexity index is 638. The molecule has 1 aromatic heterocycles. The number of fused-ring (bicyclic) bond motifs is 1. The quantitative estimate of drug-likeness (QED) is 0.908. The Morgan fingerprint density at radius 3 is 3.14 bits per heavy atom.